The summed E-state index contributed by atoms with van der Waals surface area (Å²) in [7, 11) is 0. The summed E-state index contributed by atoms with van der Waals surface area (Å²) in [4.78, 5) is 51.6. The number of rotatable bonds is 5. The van der Waals surface area contributed by atoms with Gasteiger partial charge >= 0.3 is 0 Å². The standard InChI is InChI=1S/C21H10Cl2N4O6S/c22-13-7-5-11(9-17(13)26(30)31)19(28)25-16-4-2-1-3-15(16)24-21(25)34-20(29)12-6-8-14(23)18(10-12)27(32)33/h1-10H. The molecule has 1 heterocycles. The van der Waals surface area contributed by atoms with E-state index in [9.17, 15) is 29.8 Å². The van der Waals surface area contributed by atoms with Crippen LogP contribution in [0.5, 0.6) is 0 Å². The lowest BCUT2D eigenvalue weighted by atomic mass is 10.2. The number of benzene rings is 3. The average Bonchev–Trinajstić information content (AvgIpc) is 3.16. The Kier molecular flexibility index (Phi) is 6.33. The third kappa shape index (κ3) is 4.36. The van der Waals surface area contributed by atoms with Crippen molar-refractivity contribution < 1.29 is 19.4 Å². The predicted molar refractivity (Wildman–Crippen MR) is 126 cm³/mol. The molecule has 0 spiro atoms. The molecule has 0 aliphatic rings. The molecule has 3 aromatic carbocycles. The molecule has 0 atom stereocenters. The summed E-state index contributed by atoms with van der Waals surface area (Å²) in [6, 6.07) is 13.8. The van der Waals surface area contributed by atoms with Crippen LogP contribution in [0.3, 0.4) is 0 Å². The van der Waals surface area contributed by atoms with Crippen LogP contribution in [0, 0.1) is 20.2 Å². The van der Waals surface area contributed by atoms with E-state index in [4.69, 9.17) is 23.2 Å². The number of nitrogens with zero attached hydrogens (tertiary/aromatic N) is 4. The van der Waals surface area contributed by atoms with E-state index in [0.717, 1.165) is 16.7 Å². The number of nitro benzene ring substituents is 2. The monoisotopic (exact) mass is 516 g/mol. The average molecular weight is 517 g/mol. The highest BCUT2D eigenvalue weighted by Crippen LogP contribution is 2.32. The highest BCUT2D eigenvalue weighted by atomic mass is 35.5. The summed E-state index contributed by atoms with van der Waals surface area (Å²) in [5.41, 5.74) is -0.189. The van der Waals surface area contributed by atoms with Crippen molar-refractivity contribution in [2.75, 3.05) is 0 Å². The fraction of sp³-hybridized carbons (Fsp3) is 0. The molecule has 0 saturated heterocycles. The number of hydrogen-bond donors (Lipinski definition) is 0. The van der Waals surface area contributed by atoms with Crippen LogP contribution in [0.2, 0.25) is 10.0 Å². The Morgan fingerprint density at radius 1 is 0.853 bits per heavy atom. The van der Waals surface area contributed by atoms with E-state index in [2.05, 4.69) is 4.98 Å². The molecule has 0 unspecified atom stereocenters. The van der Waals surface area contributed by atoms with Gasteiger partial charge < -0.3 is 0 Å². The van der Waals surface area contributed by atoms with Crippen LogP contribution < -0.4 is 0 Å². The lowest BCUT2D eigenvalue weighted by Gasteiger charge is -2.08. The number of fused-ring (bicyclic) bond motifs is 1. The summed E-state index contributed by atoms with van der Waals surface area (Å²) in [5.74, 6) is -0.675. The van der Waals surface area contributed by atoms with Gasteiger partial charge in [-0.05, 0) is 48.2 Å². The second kappa shape index (κ2) is 9.21. The third-order valence-electron chi connectivity index (χ3n) is 4.69. The minimum Gasteiger partial charge on any atom is -0.281 e. The molecule has 1 aromatic heterocycles. The molecule has 0 aliphatic carbocycles. The van der Waals surface area contributed by atoms with Gasteiger partial charge in [0.05, 0.1) is 20.9 Å². The molecule has 4 rings (SSSR count). The summed E-state index contributed by atoms with van der Waals surface area (Å²) in [5, 5.41) is 21.5. The number of thioether (sulfide) groups is 1. The molecule has 0 amide bonds. The zero-order valence-corrected chi connectivity index (χ0v) is 19.0. The first-order valence-electron chi connectivity index (χ1n) is 9.29. The van der Waals surface area contributed by atoms with Crippen molar-refractivity contribution >= 4 is 68.4 Å². The van der Waals surface area contributed by atoms with E-state index < -0.39 is 32.2 Å². The van der Waals surface area contributed by atoms with Crippen LogP contribution in [-0.4, -0.2) is 30.4 Å². The van der Waals surface area contributed by atoms with Crippen LogP contribution >= 0.6 is 35.0 Å². The van der Waals surface area contributed by atoms with Crippen molar-refractivity contribution in [3.8, 4) is 0 Å². The van der Waals surface area contributed by atoms with Crippen molar-refractivity contribution in [1.29, 1.82) is 0 Å². The van der Waals surface area contributed by atoms with Gasteiger partial charge in [-0.15, -0.1) is 0 Å². The van der Waals surface area contributed by atoms with Crippen LogP contribution in [-0.2, 0) is 0 Å². The van der Waals surface area contributed by atoms with E-state index in [-0.39, 0.29) is 26.3 Å². The fourth-order valence-electron chi connectivity index (χ4n) is 3.10. The highest BCUT2D eigenvalue weighted by Gasteiger charge is 2.25. The Morgan fingerprint density at radius 3 is 2.03 bits per heavy atom. The van der Waals surface area contributed by atoms with Gasteiger partial charge in [0.2, 0.25) is 5.12 Å². The van der Waals surface area contributed by atoms with Gasteiger partial charge in [0.1, 0.15) is 10.0 Å². The van der Waals surface area contributed by atoms with Gasteiger partial charge in [-0.2, -0.15) is 0 Å². The second-order valence-corrected chi connectivity index (χ2v) is 8.51. The number of aromatic nitrogens is 2. The third-order valence-corrected chi connectivity index (χ3v) is 6.20. The van der Waals surface area contributed by atoms with Gasteiger partial charge in [0.25, 0.3) is 17.3 Å². The minimum absolute atomic E-state index is 0.0192. The van der Waals surface area contributed by atoms with Crippen molar-refractivity contribution in [2.45, 2.75) is 5.16 Å². The second-order valence-electron chi connectivity index (χ2n) is 6.76. The van der Waals surface area contributed by atoms with Crippen LogP contribution in [0.1, 0.15) is 20.7 Å². The van der Waals surface area contributed by atoms with Crippen LogP contribution in [0.4, 0.5) is 11.4 Å². The molecule has 0 radical (unpaired) electrons. The first-order chi connectivity index (χ1) is 16.2. The number of carbonyl (C=O) groups excluding carboxylic acids is 2. The number of halogens is 2. The van der Waals surface area contributed by atoms with Crippen molar-refractivity contribution in [3.05, 3.63) is 102 Å². The Hall–Kier alpha value is -3.80. The number of carbonyl (C=O) groups is 2. The largest absolute Gasteiger partial charge is 0.288 e. The first kappa shape index (κ1) is 23.4. The zero-order valence-electron chi connectivity index (χ0n) is 16.7. The molecule has 0 fully saturated rings. The molecule has 0 N–H and O–H groups in total. The number of nitro groups is 2. The van der Waals surface area contributed by atoms with Crippen molar-refractivity contribution in [3.63, 3.8) is 0 Å². The van der Waals surface area contributed by atoms with E-state index in [1.807, 2.05) is 0 Å². The van der Waals surface area contributed by atoms with Crippen LogP contribution in [0.15, 0.2) is 65.8 Å². The molecule has 0 bridgehead atoms. The normalized spacial score (nSPS) is 10.9. The molecular formula is C21H10Cl2N4O6S. The lowest BCUT2D eigenvalue weighted by Crippen LogP contribution is -2.14. The number of para-hydroxylation sites is 2. The topological polar surface area (TPSA) is 138 Å². The van der Waals surface area contributed by atoms with Gasteiger partial charge in [0.15, 0.2) is 5.16 Å². The number of hydrogen-bond acceptors (Lipinski definition) is 8. The van der Waals surface area contributed by atoms with Crippen molar-refractivity contribution in [1.82, 2.24) is 9.55 Å². The molecule has 0 saturated carbocycles. The van der Waals surface area contributed by atoms with Gasteiger partial charge in [-0.3, -0.25) is 34.4 Å². The summed E-state index contributed by atoms with van der Waals surface area (Å²) in [6.45, 7) is 0. The van der Waals surface area contributed by atoms with E-state index in [1.54, 1.807) is 24.3 Å². The summed E-state index contributed by atoms with van der Waals surface area (Å²) >= 11 is 12.2. The van der Waals surface area contributed by atoms with E-state index in [0.29, 0.717) is 22.8 Å². The maximum atomic E-state index is 13.4. The molecule has 4 aromatic rings. The Balaban J connectivity index is 1.79. The maximum absolute atomic E-state index is 13.4. The quantitative estimate of drug-likeness (QED) is 0.184. The Labute approximate surface area is 204 Å². The van der Waals surface area contributed by atoms with E-state index in [1.165, 1.54) is 24.3 Å². The summed E-state index contributed by atoms with van der Waals surface area (Å²) < 4.78 is 1.15. The van der Waals surface area contributed by atoms with E-state index >= 15 is 0 Å². The van der Waals surface area contributed by atoms with Gasteiger partial charge in [-0.25, -0.2) is 4.98 Å². The van der Waals surface area contributed by atoms with Crippen LogP contribution in [0.25, 0.3) is 11.0 Å². The SMILES string of the molecule is O=C(Sc1nc2ccccc2n1C(=O)c1ccc(Cl)c([N+](=O)[O-])c1)c1ccc(Cl)c([N+](=O)[O-])c1. The first-order valence-corrected chi connectivity index (χ1v) is 10.9. The summed E-state index contributed by atoms with van der Waals surface area (Å²) in [6.07, 6.45) is 0. The fourth-order valence-corrected chi connectivity index (χ4v) is 4.30. The zero-order chi connectivity index (χ0) is 24.6. The molecule has 34 heavy (non-hydrogen) atoms. The Morgan fingerprint density at radius 2 is 1.41 bits per heavy atom. The predicted octanol–water partition coefficient (Wildman–Crippen LogP) is 5.78. The smallest absolute Gasteiger partial charge is 0.281 e. The highest BCUT2D eigenvalue weighted by molar-refractivity contribution is 8.14. The molecule has 170 valence electrons. The minimum atomic E-state index is -0.712. The molecular weight excluding hydrogens is 507 g/mol. The van der Waals surface area contributed by atoms with Crippen molar-refractivity contribution in [2.24, 2.45) is 0 Å². The maximum Gasteiger partial charge on any atom is 0.288 e. The molecule has 10 nitrogen and oxygen atoms in total. The molecule has 13 heteroatoms. The number of imidazole rings is 1. The van der Waals surface area contributed by atoms with Gasteiger partial charge in [0, 0.05) is 23.3 Å². The van der Waals surface area contributed by atoms with Gasteiger partial charge in [-0.1, -0.05) is 35.3 Å². The Bertz CT molecular complexity index is 1520. The lowest BCUT2D eigenvalue weighted by molar-refractivity contribution is -0.384. The molecule has 0 aliphatic heterocycles.